The van der Waals surface area contributed by atoms with E-state index in [2.05, 4.69) is 133 Å². The van der Waals surface area contributed by atoms with E-state index >= 15 is 0 Å². The highest BCUT2D eigenvalue weighted by molar-refractivity contribution is 7.26. The number of furan rings is 1. The van der Waals surface area contributed by atoms with Gasteiger partial charge in [0.05, 0.1) is 0 Å². The van der Waals surface area contributed by atoms with Crippen molar-refractivity contribution in [1.82, 2.24) is 15.0 Å². The third kappa shape index (κ3) is 4.79. The normalized spacial score (nSPS) is 11.6. The average molecular weight is 658 g/mol. The van der Waals surface area contributed by atoms with Crippen molar-refractivity contribution in [2.45, 2.75) is 0 Å². The molecule has 5 heteroatoms. The van der Waals surface area contributed by atoms with E-state index in [1.807, 2.05) is 30.3 Å². The lowest BCUT2D eigenvalue weighted by molar-refractivity contribution is 0.669. The summed E-state index contributed by atoms with van der Waals surface area (Å²) in [6, 6.07) is 56.8. The van der Waals surface area contributed by atoms with Crippen LogP contribution in [0.15, 0.2) is 168 Å². The Labute approximate surface area is 292 Å². The predicted octanol–water partition coefficient (Wildman–Crippen LogP) is 12.5. The SMILES string of the molecule is c1ccc(-c2ccc(-c3nc(-c4ccc5c(c4)oc4ccccc45)nc(-c4cccc5sc6cccc(-c7ccccc7)c6c45)n3)cc2)cc1. The number of para-hydroxylation sites is 1. The number of hydrogen-bond acceptors (Lipinski definition) is 5. The van der Waals surface area contributed by atoms with Gasteiger partial charge in [-0.2, -0.15) is 0 Å². The van der Waals surface area contributed by atoms with E-state index in [1.54, 1.807) is 11.3 Å². The second kappa shape index (κ2) is 11.6. The Kier molecular flexibility index (Phi) is 6.64. The molecule has 0 saturated carbocycles. The summed E-state index contributed by atoms with van der Waals surface area (Å²) in [4.78, 5) is 15.5. The maximum atomic E-state index is 6.28. The van der Waals surface area contributed by atoms with E-state index < -0.39 is 0 Å². The van der Waals surface area contributed by atoms with Crippen molar-refractivity contribution in [1.29, 1.82) is 0 Å². The van der Waals surface area contributed by atoms with Gasteiger partial charge in [0.1, 0.15) is 11.2 Å². The fourth-order valence-corrected chi connectivity index (χ4v) is 8.13. The summed E-state index contributed by atoms with van der Waals surface area (Å²) < 4.78 is 8.71. The smallest absolute Gasteiger partial charge is 0.164 e. The molecule has 3 heterocycles. The zero-order chi connectivity index (χ0) is 33.0. The Hall–Kier alpha value is -6.43. The van der Waals surface area contributed by atoms with E-state index in [0.29, 0.717) is 17.5 Å². The second-order valence-electron chi connectivity index (χ2n) is 12.4. The first-order valence-electron chi connectivity index (χ1n) is 16.6. The number of aromatic nitrogens is 3. The van der Waals surface area contributed by atoms with Gasteiger partial charge in [-0.25, -0.2) is 15.0 Å². The van der Waals surface area contributed by atoms with Gasteiger partial charge in [0.25, 0.3) is 0 Å². The van der Waals surface area contributed by atoms with Crippen molar-refractivity contribution in [3.8, 4) is 56.4 Å². The first kappa shape index (κ1) is 28.6. The van der Waals surface area contributed by atoms with Crippen molar-refractivity contribution in [3.63, 3.8) is 0 Å². The van der Waals surface area contributed by atoms with Crippen LogP contribution < -0.4 is 0 Å². The Morgan fingerprint density at radius 2 is 0.900 bits per heavy atom. The predicted molar refractivity (Wildman–Crippen MR) is 207 cm³/mol. The fraction of sp³-hybridized carbons (Fsp3) is 0. The highest BCUT2D eigenvalue weighted by atomic mass is 32.1. The van der Waals surface area contributed by atoms with Crippen LogP contribution in [0.5, 0.6) is 0 Å². The van der Waals surface area contributed by atoms with Gasteiger partial charge in [-0.05, 0) is 52.6 Å². The minimum absolute atomic E-state index is 0.597. The molecule has 7 aromatic carbocycles. The molecule has 0 aliphatic carbocycles. The Bertz CT molecular complexity index is 2860. The molecule has 234 valence electrons. The minimum Gasteiger partial charge on any atom is -0.456 e. The molecule has 3 aromatic heterocycles. The lowest BCUT2D eigenvalue weighted by Gasteiger charge is -2.11. The van der Waals surface area contributed by atoms with Crippen LogP contribution in [0.4, 0.5) is 0 Å². The molecule has 0 fully saturated rings. The molecule has 0 bridgehead atoms. The summed E-state index contributed by atoms with van der Waals surface area (Å²) in [5, 5.41) is 4.53. The van der Waals surface area contributed by atoms with Crippen molar-refractivity contribution >= 4 is 53.4 Å². The maximum Gasteiger partial charge on any atom is 0.164 e. The zero-order valence-corrected chi connectivity index (χ0v) is 27.6. The average Bonchev–Trinajstić information content (AvgIpc) is 3.77. The number of hydrogen-bond donors (Lipinski definition) is 0. The van der Waals surface area contributed by atoms with E-state index in [0.717, 1.165) is 49.6 Å². The standard InChI is InChI=1S/C45H27N3OS/c1-3-11-28(12-4-1)29-21-23-31(24-22-29)43-46-44(32-25-26-35-34-15-7-8-18-37(34)49-38(35)27-32)48-45(47-43)36-17-10-20-40-42(36)41-33(16-9-19-39(41)50-40)30-13-5-2-6-14-30/h1-27H. The second-order valence-corrected chi connectivity index (χ2v) is 13.5. The van der Waals surface area contributed by atoms with Gasteiger partial charge in [-0.3, -0.25) is 0 Å². The van der Waals surface area contributed by atoms with E-state index in [4.69, 9.17) is 19.4 Å². The van der Waals surface area contributed by atoms with Crippen LogP contribution in [0.3, 0.4) is 0 Å². The van der Waals surface area contributed by atoms with Gasteiger partial charge in [-0.15, -0.1) is 11.3 Å². The Morgan fingerprint density at radius 3 is 1.66 bits per heavy atom. The molecule has 0 aliphatic rings. The van der Waals surface area contributed by atoms with E-state index in [9.17, 15) is 0 Å². The van der Waals surface area contributed by atoms with Crippen LogP contribution in [0.2, 0.25) is 0 Å². The number of nitrogens with zero attached hydrogens (tertiary/aromatic N) is 3. The number of benzene rings is 7. The summed E-state index contributed by atoms with van der Waals surface area (Å²) in [5.74, 6) is 1.85. The van der Waals surface area contributed by atoms with Crippen LogP contribution in [0.25, 0.3) is 98.5 Å². The zero-order valence-electron chi connectivity index (χ0n) is 26.7. The first-order valence-corrected chi connectivity index (χ1v) is 17.4. The van der Waals surface area contributed by atoms with Crippen LogP contribution in [0, 0.1) is 0 Å². The molecule has 0 atom stereocenters. The molecule has 0 saturated heterocycles. The first-order chi connectivity index (χ1) is 24.8. The van der Waals surface area contributed by atoms with Crippen molar-refractivity contribution in [3.05, 3.63) is 164 Å². The van der Waals surface area contributed by atoms with Crippen molar-refractivity contribution in [2.75, 3.05) is 0 Å². The summed E-state index contributed by atoms with van der Waals surface area (Å²) in [5.41, 5.74) is 9.13. The summed E-state index contributed by atoms with van der Waals surface area (Å²) in [6.45, 7) is 0. The molecule has 10 aromatic rings. The topological polar surface area (TPSA) is 51.8 Å². The molecule has 0 amide bonds. The third-order valence-corrected chi connectivity index (χ3v) is 10.5. The number of thiophene rings is 1. The minimum atomic E-state index is 0.597. The summed E-state index contributed by atoms with van der Waals surface area (Å²) >= 11 is 1.80. The van der Waals surface area contributed by atoms with E-state index in [1.165, 1.54) is 31.5 Å². The van der Waals surface area contributed by atoms with Crippen LogP contribution in [-0.4, -0.2) is 15.0 Å². The van der Waals surface area contributed by atoms with Crippen molar-refractivity contribution in [2.24, 2.45) is 0 Å². The molecule has 0 radical (unpaired) electrons. The third-order valence-electron chi connectivity index (χ3n) is 9.37. The molecule has 0 unspecified atom stereocenters. The summed E-state index contributed by atoms with van der Waals surface area (Å²) in [7, 11) is 0. The highest BCUT2D eigenvalue weighted by Gasteiger charge is 2.19. The fourth-order valence-electron chi connectivity index (χ4n) is 6.97. The quantitative estimate of drug-likeness (QED) is 0.185. The van der Waals surface area contributed by atoms with Crippen molar-refractivity contribution < 1.29 is 4.42 Å². The van der Waals surface area contributed by atoms with Crippen LogP contribution in [0.1, 0.15) is 0 Å². The largest absolute Gasteiger partial charge is 0.456 e. The molecule has 0 spiro atoms. The number of rotatable bonds is 5. The van der Waals surface area contributed by atoms with Gasteiger partial charge < -0.3 is 4.42 Å². The van der Waals surface area contributed by atoms with Crippen LogP contribution in [-0.2, 0) is 0 Å². The van der Waals surface area contributed by atoms with Gasteiger partial charge in [-0.1, -0.05) is 133 Å². The van der Waals surface area contributed by atoms with Gasteiger partial charge >= 0.3 is 0 Å². The Morgan fingerprint density at radius 1 is 0.360 bits per heavy atom. The molecular formula is C45H27N3OS. The van der Waals surface area contributed by atoms with Gasteiger partial charge in [0, 0.05) is 47.6 Å². The monoisotopic (exact) mass is 657 g/mol. The lowest BCUT2D eigenvalue weighted by atomic mass is 9.97. The molecular weight excluding hydrogens is 631 g/mol. The van der Waals surface area contributed by atoms with Crippen LogP contribution >= 0.6 is 11.3 Å². The molecule has 0 aliphatic heterocycles. The Balaban J connectivity index is 1.20. The lowest BCUT2D eigenvalue weighted by Crippen LogP contribution is -2.00. The van der Waals surface area contributed by atoms with Gasteiger partial charge in [0.2, 0.25) is 0 Å². The van der Waals surface area contributed by atoms with Gasteiger partial charge in [0.15, 0.2) is 17.5 Å². The molecule has 10 rings (SSSR count). The summed E-state index contributed by atoms with van der Waals surface area (Å²) in [6.07, 6.45) is 0. The van der Waals surface area contributed by atoms with E-state index in [-0.39, 0.29) is 0 Å². The highest BCUT2D eigenvalue weighted by Crippen LogP contribution is 2.44. The molecule has 0 N–H and O–H groups in total. The number of fused-ring (bicyclic) bond motifs is 6. The molecule has 50 heavy (non-hydrogen) atoms. The maximum absolute atomic E-state index is 6.28. The molecule has 4 nitrogen and oxygen atoms in total.